The number of aromatic nitrogens is 1. The van der Waals surface area contributed by atoms with Gasteiger partial charge in [-0.3, -0.25) is 14.6 Å². The lowest BCUT2D eigenvalue weighted by Crippen LogP contribution is -2.25. The second-order valence-electron chi connectivity index (χ2n) is 5.69. The molecule has 0 aliphatic rings. The maximum Gasteiger partial charge on any atom is 0.255 e. The molecule has 5 nitrogen and oxygen atoms in total. The molecule has 0 unspecified atom stereocenters. The van der Waals surface area contributed by atoms with E-state index < -0.39 is 0 Å². The second-order valence-corrected chi connectivity index (χ2v) is 7.38. The molecule has 0 spiro atoms. The van der Waals surface area contributed by atoms with Gasteiger partial charge >= 0.3 is 0 Å². The first-order valence-corrected chi connectivity index (χ1v) is 9.52. The minimum absolute atomic E-state index is 0.274. The molecule has 2 aromatic carbocycles. The van der Waals surface area contributed by atoms with Crippen molar-refractivity contribution < 1.29 is 9.59 Å². The number of carbonyl (C=O) groups is 2. The first-order chi connectivity index (χ1) is 13.0. The Morgan fingerprint density at radius 3 is 2.52 bits per heavy atom. The van der Waals surface area contributed by atoms with Gasteiger partial charge in [0.15, 0.2) is 0 Å². The lowest BCUT2D eigenvalue weighted by Gasteiger charge is -2.12. The molecule has 0 fully saturated rings. The zero-order valence-corrected chi connectivity index (χ0v) is 17.0. The zero-order chi connectivity index (χ0) is 19.2. The number of halogens is 2. The summed E-state index contributed by atoms with van der Waals surface area (Å²) in [7, 11) is 0. The highest BCUT2D eigenvalue weighted by atomic mass is 127. The zero-order valence-electron chi connectivity index (χ0n) is 14.1. The summed E-state index contributed by atoms with van der Waals surface area (Å²) in [4.78, 5) is 29.1. The molecule has 1 heterocycles. The van der Waals surface area contributed by atoms with Crippen molar-refractivity contribution in [2.45, 2.75) is 6.54 Å². The largest absolute Gasteiger partial charge is 0.348 e. The summed E-state index contributed by atoms with van der Waals surface area (Å²) in [6.07, 6.45) is 3.37. The van der Waals surface area contributed by atoms with Crippen LogP contribution >= 0.6 is 34.2 Å². The van der Waals surface area contributed by atoms with Crippen LogP contribution < -0.4 is 10.6 Å². The standard InChI is InChI=1S/C20H15ClIN3O2/c21-15-5-3-14(4-6-15)19(26)25-18-8-7-16(22)10-17(18)20(27)24-12-13-2-1-9-23-11-13/h1-11H,12H2,(H,24,27)(H,25,26). The lowest BCUT2D eigenvalue weighted by molar-refractivity contribution is 0.0951. The Balaban J connectivity index is 1.77. The number of anilines is 1. The number of benzene rings is 2. The fraction of sp³-hybridized carbons (Fsp3) is 0.0500. The third kappa shape index (κ3) is 5.27. The molecular formula is C20H15ClIN3O2. The van der Waals surface area contributed by atoms with E-state index in [4.69, 9.17) is 11.6 Å². The summed E-state index contributed by atoms with van der Waals surface area (Å²) in [5, 5.41) is 6.20. The van der Waals surface area contributed by atoms with Gasteiger partial charge in [-0.25, -0.2) is 0 Å². The van der Waals surface area contributed by atoms with E-state index in [1.807, 2.05) is 18.2 Å². The quantitative estimate of drug-likeness (QED) is 0.516. The topological polar surface area (TPSA) is 71.1 Å². The Morgan fingerprint density at radius 2 is 1.81 bits per heavy atom. The van der Waals surface area contributed by atoms with Crippen LogP contribution in [0.1, 0.15) is 26.3 Å². The van der Waals surface area contributed by atoms with Crippen LogP contribution in [0, 0.1) is 3.57 Å². The summed E-state index contributed by atoms with van der Waals surface area (Å²) in [5.74, 6) is -0.585. The number of nitrogens with zero attached hydrogens (tertiary/aromatic N) is 1. The van der Waals surface area contributed by atoms with E-state index in [-0.39, 0.29) is 11.8 Å². The molecule has 0 aliphatic heterocycles. The van der Waals surface area contributed by atoms with Gasteiger partial charge in [-0.2, -0.15) is 0 Å². The van der Waals surface area contributed by atoms with Crippen molar-refractivity contribution in [2.24, 2.45) is 0 Å². The minimum atomic E-state index is -0.311. The molecule has 0 radical (unpaired) electrons. The van der Waals surface area contributed by atoms with Gasteiger partial charge in [0.1, 0.15) is 0 Å². The Morgan fingerprint density at radius 1 is 1.04 bits per heavy atom. The summed E-state index contributed by atoms with van der Waals surface area (Å²) in [6.45, 7) is 0.350. The van der Waals surface area contributed by atoms with E-state index in [1.54, 1.807) is 48.8 Å². The van der Waals surface area contributed by atoms with Gasteiger partial charge in [-0.05, 0) is 76.7 Å². The van der Waals surface area contributed by atoms with Crippen LogP contribution in [0.3, 0.4) is 0 Å². The molecule has 0 bridgehead atoms. The van der Waals surface area contributed by atoms with Crippen LogP contribution in [0.2, 0.25) is 5.02 Å². The van der Waals surface area contributed by atoms with Crippen LogP contribution in [0.15, 0.2) is 67.0 Å². The van der Waals surface area contributed by atoms with E-state index in [2.05, 4.69) is 38.2 Å². The van der Waals surface area contributed by atoms with Crippen LogP contribution in [0.4, 0.5) is 5.69 Å². The maximum atomic E-state index is 12.7. The van der Waals surface area contributed by atoms with E-state index in [0.717, 1.165) is 9.13 Å². The van der Waals surface area contributed by atoms with Gasteiger partial charge < -0.3 is 10.6 Å². The van der Waals surface area contributed by atoms with E-state index >= 15 is 0 Å². The molecule has 27 heavy (non-hydrogen) atoms. The molecule has 0 atom stereocenters. The molecular weight excluding hydrogens is 477 g/mol. The Kier molecular flexibility index (Phi) is 6.41. The van der Waals surface area contributed by atoms with Crippen molar-refractivity contribution in [3.63, 3.8) is 0 Å². The highest BCUT2D eigenvalue weighted by Crippen LogP contribution is 2.20. The van der Waals surface area contributed by atoms with Crippen molar-refractivity contribution in [3.05, 3.63) is 92.3 Å². The SMILES string of the molecule is O=C(Nc1ccc(I)cc1C(=O)NCc1cccnc1)c1ccc(Cl)cc1. The third-order valence-corrected chi connectivity index (χ3v) is 4.68. The molecule has 0 saturated carbocycles. The van der Waals surface area contributed by atoms with Gasteiger partial charge in [0.25, 0.3) is 11.8 Å². The van der Waals surface area contributed by atoms with Crippen molar-refractivity contribution in [1.29, 1.82) is 0 Å². The normalized spacial score (nSPS) is 10.3. The Bertz CT molecular complexity index is 963. The fourth-order valence-corrected chi connectivity index (χ4v) is 3.01. The molecule has 1 aromatic heterocycles. The third-order valence-electron chi connectivity index (χ3n) is 3.76. The molecule has 0 saturated heterocycles. The van der Waals surface area contributed by atoms with Crippen LogP contribution in [-0.4, -0.2) is 16.8 Å². The molecule has 2 N–H and O–H groups in total. The molecule has 2 amide bonds. The highest BCUT2D eigenvalue weighted by molar-refractivity contribution is 14.1. The van der Waals surface area contributed by atoms with Crippen molar-refractivity contribution in [2.75, 3.05) is 5.32 Å². The van der Waals surface area contributed by atoms with Crippen molar-refractivity contribution in [3.8, 4) is 0 Å². The number of rotatable bonds is 5. The first kappa shape index (κ1) is 19.3. The number of pyridine rings is 1. The van der Waals surface area contributed by atoms with E-state index in [1.165, 1.54) is 0 Å². The molecule has 136 valence electrons. The second kappa shape index (κ2) is 8.96. The average Bonchev–Trinajstić information content (AvgIpc) is 2.68. The first-order valence-electron chi connectivity index (χ1n) is 8.06. The van der Waals surface area contributed by atoms with Crippen LogP contribution in [0.5, 0.6) is 0 Å². The van der Waals surface area contributed by atoms with E-state index in [0.29, 0.717) is 28.4 Å². The molecule has 3 rings (SSSR count). The maximum absolute atomic E-state index is 12.7. The fourth-order valence-electron chi connectivity index (χ4n) is 2.39. The van der Waals surface area contributed by atoms with Gasteiger partial charge in [-0.1, -0.05) is 17.7 Å². The molecule has 0 aliphatic carbocycles. The van der Waals surface area contributed by atoms with Gasteiger partial charge in [0.2, 0.25) is 0 Å². The predicted molar refractivity (Wildman–Crippen MR) is 114 cm³/mol. The molecule has 7 heteroatoms. The summed E-state index contributed by atoms with van der Waals surface area (Å²) >= 11 is 7.98. The smallest absolute Gasteiger partial charge is 0.255 e. The lowest BCUT2D eigenvalue weighted by atomic mass is 10.1. The Hall–Kier alpha value is -2.45. The Labute approximate surface area is 175 Å². The number of amides is 2. The van der Waals surface area contributed by atoms with Crippen molar-refractivity contribution in [1.82, 2.24) is 10.3 Å². The minimum Gasteiger partial charge on any atom is -0.348 e. The number of hydrogen-bond donors (Lipinski definition) is 2. The summed E-state index contributed by atoms with van der Waals surface area (Å²) in [6, 6.07) is 15.5. The van der Waals surface area contributed by atoms with Gasteiger partial charge in [-0.15, -0.1) is 0 Å². The van der Waals surface area contributed by atoms with E-state index in [9.17, 15) is 9.59 Å². The number of carbonyl (C=O) groups excluding carboxylic acids is 2. The summed E-state index contributed by atoms with van der Waals surface area (Å²) < 4.78 is 0.892. The van der Waals surface area contributed by atoms with Gasteiger partial charge in [0.05, 0.1) is 11.3 Å². The summed E-state index contributed by atoms with van der Waals surface area (Å²) in [5.41, 5.74) is 2.19. The highest BCUT2D eigenvalue weighted by Gasteiger charge is 2.15. The van der Waals surface area contributed by atoms with Crippen LogP contribution in [-0.2, 0) is 6.54 Å². The monoisotopic (exact) mass is 491 g/mol. The molecule has 3 aromatic rings. The van der Waals surface area contributed by atoms with Crippen LogP contribution in [0.25, 0.3) is 0 Å². The van der Waals surface area contributed by atoms with Gasteiger partial charge in [0, 0.05) is 33.1 Å². The predicted octanol–water partition coefficient (Wildman–Crippen LogP) is 4.52. The van der Waals surface area contributed by atoms with Crippen molar-refractivity contribution >= 4 is 51.7 Å². The number of hydrogen-bond acceptors (Lipinski definition) is 3. The number of nitrogens with one attached hydrogen (secondary N) is 2. The average molecular weight is 492 g/mol.